The molecule has 0 atom stereocenters. The molecule has 1 aliphatic heterocycles. The van der Waals surface area contributed by atoms with Crippen LogP contribution in [0.25, 0.3) is 0 Å². The summed E-state index contributed by atoms with van der Waals surface area (Å²) in [5.41, 5.74) is -0.399. The fourth-order valence-electron chi connectivity index (χ4n) is 2.64. The van der Waals surface area contributed by atoms with E-state index in [0.717, 1.165) is 18.9 Å². The molecule has 106 valence electrons. The van der Waals surface area contributed by atoms with Crippen molar-refractivity contribution >= 4 is 5.78 Å². The first-order valence-corrected chi connectivity index (χ1v) is 7.09. The van der Waals surface area contributed by atoms with Crippen LogP contribution in [0.1, 0.15) is 52.4 Å². The first-order chi connectivity index (χ1) is 8.93. The van der Waals surface area contributed by atoms with Gasteiger partial charge < -0.3 is 0 Å². The summed E-state index contributed by atoms with van der Waals surface area (Å²) in [5.74, 6) is 0.997. The highest BCUT2D eigenvalue weighted by molar-refractivity contribution is 5.88. The number of likely N-dealkylation sites (tertiary alicyclic amines) is 1. The van der Waals surface area contributed by atoms with E-state index in [-0.39, 0.29) is 11.8 Å². The molecule has 0 aromatic carbocycles. The Balaban J connectivity index is 2.09. The van der Waals surface area contributed by atoms with Gasteiger partial charge in [0.2, 0.25) is 0 Å². The molecule has 1 aromatic rings. The maximum Gasteiger partial charge on any atom is 0.160 e. The van der Waals surface area contributed by atoms with Crippen molar-refractivity contribution < 1.29 is 4.79 Å². The molecule has 2 heterocycles. The summed E-state index contributed by atoms with van der Waals surface area (Å²) in [6.07, 6.45) is 4.28. The lowest BCUT2D eigenvalue weighted by atomic mass is 9.94. The molecule has 1 aromatic heterocycles. The number of carbonyl (C=O) groups is 1. The molecular weight excluding hydrogens is 240 g/mol. The van der Waals surface area contributed by atoms with Gasteiger partial charge in [-0.3, -0.25) is 9.69 Å². The van der Waals surface area contributed by atoms with E-state index in [9.17, 15) is 4.79 Å². The van der Waals surface area contributed by atoms with E-state index in [4.69, 9.17) is 0 Å². The number of hydrogen-bond donors (Lipinski definition) is 0. The van der Waals surface area contributed by atoms with Gasteiger partial charge in [0.1, 0.15) is 12.2 Å². The summed E-state index contributed by atoms with van der Waals surface area (Å²) >= 11 is 0. The SMILES string of the molecule is CC(C)n1ncnc1CC(=O)C(C)(C)N1CCCC1. The Kier molecular flexibility index (Phi) is 4.04. The van der Waals surface area contributed by atoms with Gasteiger partial charge in [0.25, 0.3) is 0 Å². The quantitative estimate of drug-likeness (QED) is 0.814. The third-order valence-electron chi connectivity index (χ3n) is 4.03. The van der Waals surface area contributed by atoms with Crippen LogP contribution in [0.3, 0.4) is 0 Å². The summed E-state index contributed by atoms with van der Waals surface area (Å²) in [6, 6.07) is 0.236. The van der Waals surface area contributed by atoms with Crippen LogP contribution in [0.4, 0.5) is 0 Å². The average Bonchev–Trinajstić information content (AvgIpc) is 2.99. The molecule has 19 heavy (non-hydrogen) atoms. The van der Waals surface area contributed by atoms with E-state index in [1.54, 1.807) is 0 Å². The van der Waals surface area contributed by atoms with Crippen LogP contribution in [-0.2, 0) is 11.2 Å². The first kappa shape index (κ1) is 14.2. The van der Waals surface area contributed by atoms with Crippen molar-refractivity contribution in [1.82, 2.24) is 19.7 Å². The van der Waals surface area contributed by atoms with E-state index >= 15 is 0 Å². The Hall–Kier alpha value is -1.23. The van der Waals surface area contributed by atoms with Crippen molar-refractivity contribution in [2.45, 2.75) is 58.5 Å². The van der Waals surface area contributed by atoms with Crippen molar-refractivity contribution in [1.29, 1.82) is 0 Å². The van der Waals surface area contributed by atoms with Crippen LogP contribution >= 0.6 is 0 Å². The van der Waals surface area contributed by atoms with Crippen molar-refractivity contribution in [2.75, 3.05) is 13.1 Å². The zero-order valence-corrected chi connectivity index (χ0v) is 12.4. The number of rotatable bonds is 5. The number of Topliss-reactive ketones (excluding diaryl/α,β-unsaturated/α-hetero) is 1. The molecule has 0 saturated carbocycles. The zero-order chi connectivity index (χ0) is 14.0. The Morgan fingerprint density at radius 2 is 2.00 bits per heavy atom. The molecule has 0 unspecified atom stereocenters. The summed E-state index contributed by atoms with van der Waals surface area (Å²) in [4.78, 5) is 19.1. The summed E-state index contributed by atoms with van der Waals surface area (Å²) in [6.45, 7) is 10.2. The third-order valence-corrected chi connectivity index (χ3v) is 4.03. The monoisotopic (exact) mass is 264 g/mol. The van der Waals surface area contributed by atoms with Gasteiger partial charge in [-0.25, -0.2) is 9.67 Å². The van der Waals surface area contributed by atoms with Crippen LogP contribution < -0.4 is 0 Å². The molecule has 2 rings (SSSR count). The van der Waals surface area contributed by atoms with E-state index in [2.05, 4.69) is 15.0 Å². The summed E-state index contributed by atoms with van der Waals surface area (Å²) in [7, 11) is 0. The molecule has 1 aliphatic rings. The van der Waals surface area contributed by atoms with Crippen LogP contribution in [0.15, 0.2) is 6.33 Å². The predicted octanol–water partition coefficient (Wildman–Crippen LogP) is 1.84. The van der Waals surface area contributed by atoms with Crippen molar-refractivity contribution in [3.8, 4) is 0 Å². The minimum atomic E-state index is -0.399. The zero-order valence-electron chi connectivity index (χ0n) is 12.4. The van der Waals surface area contributed by atoms with Crippen LogP contribution in [-0.4, -0.2) is 44.1 Å². The summed E-state index contributed by atoms with van der Waals surface area (Å²) in [5, 5.41) is 4.19. The Labute approximate surface area is 115 Å². The molecule has 0 amide bonds. The second kappa shape index (κ2) is 5.41. The molecule has 0 aliphatic carbocycles. The number of hydrogen-bond acceptors (Lipinski definition) is 4. The lowest BCUT2D eigenvalue weighted by Gasteiger charge is -2.33. The van der Waals surface area contributed by atoms with E-state index in [0.29, 0.717) is 6.42 Å². The number of carbonyl (C=O) groups excluding carboxylic acids is 1. The molecule has 0 spiro atoms. The van der Waals surface area contributed by atoms with E-state index in [1.807, 2.05) is 32.4 Å². The van der Waals surface area contributed by atoms with Crippen LogP contribution in [0.2, 0.25) is 0 Å². The lowest BCUT2D eigenvalue weighted by molar-refractivity contribution is -0.128. The van der Waals surface area contributed by atoms with Crippen LogP contribution in [0, 0.1) is 0 Å². The third kappa shape index (κ3) is 2.86. The average molecular weight is 264 g/mol. The minimum Gasteiger partial charge on any atom is -0.297 e. The molecule has 1 fully saturated rings. The largest absolute Gasteiger partial charge is 0.297 e. The van der Waals surface area contributed by atoms with Gasteiger partial charge >= 0.3 is 0 Å². The van der Waals surface area contributed by atoms with Gasteiger partial charge in [-0.15, -0.1) is 0 Å². The molecule has 5 nitrogen and oxygen atoms in total. The fourth-order valence-corrected chi connectivity index (χ4v) is 2.64. The normalized spacial score (nSPS) is 17.3. The van der Waals surface area contributed by atoms with Crippen molar-refractivity contribution in [2.24, 2.45) is 0 Å². The first-order valence-electron chi connectivity index (χ1n) is 7.09. The highest BCUT2D eigenvalue weighted by Gasteiger charge is 2.36. The maximum atomic E-state index is 12.6. The minimum absolute atomic E-state index is 0.226. The smallest absolute Gasteiger partial charge is 0.160 e. The van der Waals surface area contributed by atoms with Gasteiger partial charge in [0, 0.05) is 6.04 Å². The van der Waals surface area contributed by atoms with Gasteiger partial charge in [-0.1, -0.05) is 0 Å². The fraction of sp³-hybridized carbons (Fsp3) is 0.786. The molecule has 5 heteroatoms. The van der Waals surface area contributed by atoms with E-state index in [1.165, 1.54) is 19.2 Å². The molecule has 0 N–H and O–H groups in total. The Bertz CT molecular complexity index is 444. The lowest BCUT2D eigenvalue weighted by Crippen LogP contribution is -2.49. The summed E-state index contributed by atoms with van der Waals surface area (Å²) < 4.78 is 1.83. The van der Waals surface area contributed by atoms with E-state index < -0.39 is 5.54 Å². The van der Waals surface area contributed by atoms with Gasteiger partial charge in [0.15, 0.2) is 5.78 Å². The van der Waals surface area contributed by atoms with Crippen molar-refractivity contribution in [3.63, 3.8) is 0 Å². The maximum absolute atomic E-state index is 12.6. The number of nitrogens with zero attached hydrogens (tertiary/aromatic N) is 4. The molecule has 1 saturated heterocycles. The second-order valence-corrected chi connectivity index (χ2v) is 6.07. The number of aromatic nitrogens is 3. The Morgan fingerprint density at radius 3 is 2.58 bits per heavy atom. The van der Waals surface area contributed by atoms with Gasteiger partial charge in [-0.05, 0) is 53.6 Å². The molecular formula is C14H24N4O. The highest BCUT2D eigenvalue weighted by atomic mass is 16.1. The van der Waals surface area contributed by atoms with Gasteiger partial charge in [0.05, 0.1) is 12.0 Å². The molecule has 0 bridgehead atoms. The van der Waals surface area contributed by atoms with Crippen LogP contribution in [0.5, 0.6) is 0 Å². The van der Waals surface area contributed by atoms with Gasteiger partial charge in [-0.2, -0.15) is 5.10 Å². The predicted molar refractivity (Wildman–Crippen MR) is 74.0 cm³/mol. The standard InChI is InChI=1S/C14H24N4O/c1-11(2)18-13(15-10-16-18)9-12(19)14(3,4)17-7-5-6-8-17/h10-11H,5-9H2,1-4H3. The Morgan fingerprint density at radius 1 is 1.37 bits per heavy atom. The second-order valence-electron chi connectivity index (χ2n) is 6.07. The topological polar surface area (TPSA) is 51.0 Å². The number of ketones is 1. The highest BCUT2D eigenvalue weighted by Crippen LogP contribution is 2.23. The molecule has 0 radical (unpaired) electrons. The van der Waals surface area contributed by atoms with Crippen molar-refractivity contribution in [3.05, 3.63) is 12.2 Å².